The molecular weight excluding hydrogens is 256 g/mol. The van der Waals surface area contributed by atoms with Crippen LogP contribution in [0, 0.1) is 13.8 Å². The second-order valence-corrected chi connectivity index (χ2v) is 4.67. The largest absolute Gasteiger partial charge is 0.481 e. The van der Waals surface area contributed by atoms with Gasteiger partial charge in [0.15, 0.2) is 5.16 Å². The minimum atomic E-state index is -0.883. The van der Waals surface area contributed by atoms with Gasteiger partial charge in [-0.3, -0.25) is 4.79 Å². The number of rotatable bonds is 5. The Morgan fingerprint density at radius 2 is 2.33 bits per heavy atom. The lowest BCUT2D eigenvalue weighted by atomic mass is 10.2. The molecule has 0 unspecified atom stereocenters. The number of hydrogen-bond acceptors (Lipinski definition) is 6. The van der Waals surface area contributed by atoms with Crippen molar-refractivity contribution in [1.29, 1.82) is 0 Å². The maximum Gasteiger partial charge on any atom is 0.313 e. The molecular formula is C10H12N4O3S. The van der Waals surface area contributed by atoms with E-state index in [9.17, 15) is 4.79 Å². The number of carbonyl (C=O) groups is 1. The van der Waals surface area contributed by atoms with E-state index in [1.165, 1.54) is 0 Å². The van der Waals surface area contributed by atoms with E-state index in [1.807, 2.05) is 13.8 Å². The average Bonchev–Trinajstić information content (AvgIpc) is 2.88. The van der Waals surface area contributed by atoms with Crippen LogP contribution in [0.3, 0.4) is 0 Å². The molecule has 0 saturated carbocycles. The van der Waals surface area contributed by atoms with E-state index < -0.39 is 5.97 Å². The molecule has 0 atom stereocenters. The third-order valence-electron chi connectivity index (χ3n) is 2.41. The monoisotopic (exact) mass is 268 g/mol. The highest BCUT2D eigenvalue weighted by Gasteiger charge is 2.13. The summed E-state index contributed by atoms with van der Waals surface area (Å²) in [5.74, 6) is -0.178. The number of aryl methyl sites for hydroxylation is 2. The predicted molar refractivity (Wildman–Crippen MR) is 63.5 cm³/mol. The summed E-state index contributed by atoms with van der Waals surface area (Å²) in [4.78, 5) is 10.5. The Kier molecular flexibility index (Phi) is 3.66. The van der Waals surface area contributed by atoms with Gasteiger partial charge >= 0.3 is 5.97 Å². The first-order valence-corrected chi connectivity index (χ1v) is 6.20. The molecule has 0 aliphatic rings. The zero-order valence-electron chi connectivity index (χ0n) is 9.95. The average molecular weight is 268 g/mol. The zero-order valence-corrected chi connectivity index (χ0v) is 10.8. The van der Waals surface area contributed by atoms with Gasteiger partial charge in [0.1, 0.15) is 12.1 Å². The Hall–Kier alpha value is -1.83. The van der Waals surface area contributed by atoms with Crippen molar-refractivity contribution in [2.45, 2.75) is 25.5 Å². The summed E-state index contributed by atoms with van der Waals surface area (Å²) in [7, 11) is 0. The standard InChI is InChI=1S/C10H12N4O3S/c1-6-8(7(2)17-13-6)3-14-5-11-12-10(14)18-4-9(15)16/h5H,3-4H2,1-2H3,(H,15,16). The molecule has 0 radical (unpaired) electrons. The van der Waals surface area contributed by atoms with E-state index in [4.69, 9.17) is 9.63 Å². The van der Waals surface area contributed by atoms with Crippen LogP contribution in [0.4, 0.5) is 0 Å². The summed E-state index contributed by atoms with van der Waals surface area (Å²) >= 11 is 1.13. The lowest BCUT2D eigenvalue weighted by Crippen LogP contribution is -2.04. The van der Waals surface area contributed by atoms with Crippen molar-refractivity contribution in [3.8, 4) is 0 Å². The van der Waals surface area contributed by atoms with E-state index in [1.54, 1.807) is 10.9 Å². The van der Waals surface area contributed by atoms with Gasteiger partial charge in [0.2, 0.25) is 0 Å². The van der Waals surface area contributed by atoms with Crippen molar-refractivity contribution in [2.24, 2.45) is 0 Å². The van der Waals surface area contributed by atoms with Crippen LogP contribution in [0.1, 0.15) is 17.0 Å². The molecule has 8 heteroatoms. The molecule has 0 bridgehead atoms. The van der Waals surface area contributed by atoms with Gasteiger partial charge in [-0.1, -0.05) is 16.9 Å². The number of aromatic nitrogens is 4. The van der Waals surface area contributed by atoms with E-state index in [2.05, 4.69) is 15.4 Å². The second-order valence-electron chi connectivity index (χ2n) is 3.73. The van der Waals surface area contributed by atoms with Crippen LogP contribution in [0.5, 0.6) is 0 Å². The normalized spacial score (nSPS) is 10.8. The van der Waals surface area contributed by atoms with Crippen LogP contribution in [-0.2, 0) is 11.3 Å². The van der Waals surface area contributed by atoms with Crippen LogP contribution in [-0.4, -0.2) is 36.7 Å². The summed E-state index contributed by atoms with van der Waals surface area (Å²) in [6, 6.07) is 0. The first-order valence-electron chi connectivity index (χ1n) is 5.22. The zero-order chi connectivity index (χ0) is 13.1. The van der Waals surface area contributed by atoms with Gasteiger partial charge in [0, 0.05) is 5.56 Å². The highest BCUT2D eigenvalue weighted by Crippen LogP contribution is 2.19. The Labute approximate surface area is 107 Å². The van der Waals surface area contributed by atoms with E-state index in [0.717, 1.165) is 28.8 Å². The first-order chi connectivity index (χ1) is 8.58. The topological polar surface area (TPSA) is 94.0 Å². The number of thioether (sulfide) groups is 1. The van der Waals surface area contributed by atoms with Gasteiger partial charge in [-0.25, -0.2) is 0 Å². The number of carboxylic acids is 1. The van der Waals surface area contributed by atoms with Crippen molar-refractivity contribution in [1.82, 2.24) is 19.9 Å². The van der Waals surface area contributed by atoms with Crippen molar-refractivity contribution in [2.75, 3.05) is 5.75 Å². The fraction of sp³-hybridized carbons (Fsp3) is 0.400. The molecule has 0 aromatic carbocycles. The number of carboxylic acid groups (broad SMARTS) is 1. The fourth-order valence-corrected chi connectivity index (χ4v) is 2.12. The molecule has 7 nitrogen and oxygen atoms in total. The fourth-order valence-electron chi connectivity index (χ4n) is 1.49. The van der Waals surface area contributed by atoms with Crippen LogP contribution < -0.4 is 0 Å². The quantitative estimate of drug-likeness (QED) is 0.811. The van der Waals surface area contributed by atoms with Gasteiger partial charge in [0.25, 0.3) is 0 Å². The van der Waals surface area contributed by atoms with Gasteiger partial charge in [-0.2, -0.15) is 0 Å². The summed E-state index contributed by atoms with van der Waals surface area (Å²) in [6.07, 6.45) is 1.57. The Morgan fingerprint density at radius 1 is 1.56 bits per heavy atom. The van der Waals surface area contributed by atoms with Crippen molar-refractivity contribution in [3.63, 3.8) is 0 Å². The molecule has 2 aromatic heterocycles. The molecule has 1 N–H and O–H groups in total. The van der Waals surface area contributed by atoms with Crippen molar-refractivity contribution in [3.05, 3.63) is 23.3 Å². The molecule has 2 heterocycles. The summed E-state index contributed by atoms with van der Waals surface area (Å²) in [5.41, 5.74) is 1.78. The van der Waals surface area contributed by atoms with Gasteiger partial charge in [0.05, 0.1) is 18.0 Å². The Bertz CT molecular complexity index is 544. The van der Waals surface area contributed by atoms with Crippen molar-refractivity contribution >= 4 is 17.7 Å². The molecule has 0 fully saturated rings. The van der Waals surface area contributed by atoms with E-state index in [-0.39, 0.29) is 5.75 Å². The van der Waals surface area contributed by atoms with Crippen LogP contribution in [0.2, 0.25) is 0 Å². The van der Waals surface area contributed by atoms with E-state index >= 15 is 0 Å². The molecule has 0 aliphatic carbocycles. The molecule has 2 aromatic rings. The van der Waals surface area contributed by atoms with E-state index in [0.29, 0.717) is 11.7 Å². The predicted octanol–water partition coefficient (Wildman–Crippen LogP) is 1.11. The molecule has 2 rings (SSSR count). The maximum absolute atomic E-state index is 10.5. The lowest BCUT2D eigenvalue weighted by molar-refractivity contribution is -0.133. The molecule has 18 heavy (non-hydrogen) atoms. The van der Waals surface area contributed by atoms with Crippen LogP contribution in [0.15, 0.2) is 16.0 Å². The number of hydrogen-bond donors (Lipinski definition) is 1. The molecule has 96 valence electrons. The molecule has 0 aliphatic heterocycles. The van der Waals surface area contributed by atoms with Gasteiger partial charge < -0.3 is 14.2 Å². The van der Waals surface area contributed by atoms with Crippen LogP contribution >= 0.6 is 11.8 Å². The minimum absolute atomic E-state index is 0.0414. The third-order valence-corrected chi connectivity index (χ3v) is 3.38. The molecule has 0 spiro atoms. The Morgan fingerprint density at radius 3 is 2.94 bits per heavy atom. The van der Waals surface area contributed by atoms with Gasteiger partial charge in [-0.15, -0.1) is 10.2 Å². The highest BCUT2D eigenvalue weighted by atomic mass is 32.2. The smallest absolute Gasteiger partial charge is 0.313 e. The maximum atomic E-state index is 10.5. The van der Waals surface area contributed by atoms with Crippen molar-refractivity contribution < 1.29 is 14.4 Å². The summed E-state index contributed by atoms with van der Waals surface area (Å²) < 4.78 is 6.85. The molecule has 0 saturated heterocycles. The van der Waals surface area contributed by atoms with Gasteiger partial charge in [-0.05, 0) is 13.8 Å². The lowest BCUT2D eigenvalue weighted by Gasteiger charge is -2.04. The SMILES string of the molecule is Cc1noc(C)c1Cn1cnnc1SCC(=O)O. The van der Waals surface area contributed by atoms with Crippen LogP contribution in [0.25, 0.3) is 0 Å². The minimum Gasteiger partial charge on any atom is -0.481 e. The second kappa shape index (κ2) is 5.21. The highest BCUT2D eigenvalue weighted by molar-refractivity contribution is 7.99. The third kappa shape index (κ3) is 2.70. The first kappa shape index (κ1) is 12.6. The number of nitrogens with zero attached hydrogens (tertiary/aromatic N) is 4. The summed E-state index contributed by atoms with van der Waals surface area (Å²) in [5, 5.41) is 20.8. The summed E-state index contributed by atoms with van der Waals surface area (Å²) in [6.45, 7) is 4.22. The Balaban J connectivity index is 2.15. The number of aliphatic carboxylic acids is 1. The molecule has 0 amide bonds.